The summed E-state index contributed by atoms with van der Waals surface area (Å²) in [7, 11) is 0. The van der Waals surface area contributed by atoms with Crippen molar-refractivity contribution in [2.75, 3.05) is 6.61 Å². The minimum absolute atomic E-state index is 0.169. The van der Waals surface area contributed by atoms with E-state index in [2.05, 4.69) is 6.92 Å². The SMILES string of the molecule is [3H]CCCOC(C)(CCC[3H])CCC[3H]. The molecule has 0 aromatic rings. The third-order valence-electron chi connectivity index (χ3n) is 2.01. The van der Waals surface area contributed by atoms with E-state index >= 15 is 0 Å². The molecule has 0 aromatic carbocycles. The van der Waals surface area contributed by atoms with E-state index in [1.807, 2.05) is 0 Å². The van der Waals surface area contributed by atoms with Crippen molar-refractivity contribution in [1.29, 1.82) is 0 Å². The molecule has 0 spiro atoms. The van der Waals surface area contributed by atoms with Crippen molar-refractivity contribution in [3.8, 4) is 0 Å². The number of ether oxygens (including phenoxy) is 1. The van der Waals surface area contributed by atoms with Crippen LogP contribution < -0.4 is 0 Å². The Morgan fingerprint density at radius 1 is 1.08 bits per heavy atom. The van der Waals surface area contributed by atoms with E-state index in [9.17, 15) is 0 Å². The first-order valence-corrected chi connectivity index (χ1v) is 4.70. The van der Waals surface area contributed by atoms with Gasteiger partial charge in [0.25, 0.3) is 0 Å². The van der Waals surface area contributed by atoms with Gasteiger partial charge in [-0.1, -0.05) is 33.5 Å². The standard InChI is InChI=1S/C11H24O/c1-5-8-11(4,9-6-2)12-10-7-3/h5-10H2,1-4H3/i1T,2T,3T. The fourth-order valence-electron chi connectivity index (χ4n) is 1.34. The Morgan fingerprint density at radius 2 is 1.67 bits per heavy atom. The Balaban J connectivity index is 3.89. The van der Waals surface area contributed by atoms with Crippen molar-refractivity contribution < 1.29 is 8.85 Å². The van der Waals surface area contributed by atoms with E-state index in [-0.39, 0.29) is 5.60 Å². The second-order valence-electron chi connectivity index (χ2n) is 3.36. The van der Waals surface area contributed by atoms with Gasteiger partial charge in [-0.15, -0.1) is 0 Å². The maximum Gasteiger partial charge on any atom is 0.0654 e. The van der Waals surface area contributed by atoms with Crippen molar-refractivity contribution in [2.24, 2.45) is 0 Å². The van der Waals surface area contributed by atoms with Crippen LogP contribution in [-0.4, -0.2) is 12.2 Å². The second-order valence-corrected chi connectivity index (χ2v) is 3.36. The molecule has 1 nitrogen and oxygen atoms in total. The molecule has 0 aromatic heterocycles. The molecule has 0 aliphatic rings. The zero-order chi connectivity index (χ0) is 11.6. The Bertz CT molecular complexity index is 134. The van der Waals surface area contributed by atoms with E-state index in [4.69, 9.17) is 8.85 Å². The van der Waals surface area contributed by atoms with Crippen LogP contribution in [0.3, 0.4) is 0 Å². The lowest BCUT2D eigenvalue weighted by atomic mass is 9.95. The van der Waals surface area contributed by atoms with Crippen LogP contribution in [0, 0.1) is 0 Å². The van der Waals surface area contributed by atoms with Crippen LogP contribution >= 0.6 is 0 Å². The molecule has 0 rings (SSSR count). The van der Waals surface area contributed by atoms with E-state index in [1.165, 1.54) is 0 Å². The van der Waals surface area contributed by atoms with Crippen LogP contribution in [0.2, 0.25) is 0 Å². The van der Waals surface area contributed by atoms with E-state index in [0.29, 0.717) is 27.3 Å². The molecule has 0 aliphatic carbocycles. The molecule has 0 aliphatic heterocycles. The molecule has 0 radical (unpaired) electrons. The van der Waals surface area contributed by atoms with Crippen LogP contribution in [0.1, 0.15) is 63.8 Å². The molecule has 0 unspecified atom stereocenters. The lowest BCUT2D eigenvalue weighted by Gasteiger charge is -2.29. The van der Waals surface area contributed by atoms with Crippen LogP contribution in [0.5, 0.6) is 0 Å². The number of hydrogen-bond acceptors (Lipinski definition) is 1. The van der Waals surface area contributed by atoms with Crippen molar-refractivity contribution in [1.82, 2.24) is 0 Å². The quantitative estimate of drug-likeness (QED) is 0.539. The maximum absolute atomic E-state index is 7.15. The summed E-state index contributed by atoms with van der Waals surface area (Å²) in [5, 5.41) is 0. The highest BCUT2D eigenvalue weighted by Gasteiger charge is 2.21. The van der Waals surface area contributed by atoms with Gasteiger partial charge in [0.05, 0.1) is 5.60 Å². The monoisotopic (exact) mass is 178 g/mol. The molecule has 0 heterocycles. The number of rotatable bonds is 7. The number of hydrogen-bond donors (Lipinski definition) is 0. The van der Waals surface area contributed by atoms with Gasteiger partial charge in [0.1, 0.15) is 0 Å². The van der Waals surface area contributed by atoms with Crippen molar-refractivity contribution >= 4 is 0 Å². The molecule has 0 N–H and O–H groups in total. The maximum atomic E-state index is 7.15. The lowest BCUT2D eigenvalue weighted by Crippen LogP contribution is -2.28. The molecular formula is C11H24O. The minimum Gasteiger partial charge on any atom is -0.375 e. The predicted molar refractivity (Wildman–Crippen MR) is 54.5 cm³/mol. The molecule has 1 heteroatoms. The Labute approximate surface area is 81.7 Å². The van der Waals surface area contributed by atoms with Gasteiger partial charge in [-0.25, -0.2) is 0 Å². The lowest BCUT2D eigenvalue weighted by molar-refractivity contribution is -0.0441. The minimum atomic E-state index is -0.169. The summed E-state index contributed by atoms with van der Waals surface area (Å²) in [5.41, 5.74) is -0.169. The van der Waals surface area contributed by atoms with Gasteiger partial charge in [-0.3, -0.25) is 0 Å². The van der Waals surface area contributed by atoms with Crippen LogP contribution in [0.4, 0.5) is 0 Å². The van der Waals surface area contributed by atoms with Crippen LogP contribution in [0.15, 0.2) is 0 Å². The van der Waals surface area contributed by atoms with Gasteiger partial charge in [0.15, 0.2) is 0 Å². The first-order valence-electron chi connectivity index (χ1n) is 6.82. The van der Waals surface area contributed by atoms with E-state index in [1.54, 1.807) is 0 Å². The third-order valence-corrected chi connectivity index (χ3v) is 2.01. The summed E-state index contributed by atoms with van der Waals surface area (Å²) < 4.78 is 27.1. The van der Waals surface area contributed by atoms with Gasteiger partial charge >= 0.3 is 0 Å². The largest absolute Gasteiger partial charge is 0.375 e. The zero-order valence-electron chi connectivity index (χ0n) is 11.3. The molecule has 0 saturated carbocycles. The van der Waals surface area contributed by atoms with Gasteiger partial charge in [-0.2, -0.15) is 0 Å². The van der Waals surface area contributed by atoms with Crippen molar-refractivity contribution in [2.45, 2.75) is 65.3 Å². The third kappa shape index (κ3) is 4.76. The molecule has 0 amide bonds. The molecule has 0 fully saturated rings. The van der Waals surface area contributed by atoms with Gasteiger partial charge < -0.3 is 4.74 Å². The van der Waals surface area contributed by atoms with Crippen molar-refractivity contribution in [3.05, 3.63) is 0 Å². The fraction of sp³-hybridized carbons (Fsp3) is 1.00. The normalized spacial score (nSPS) is 15.2. The summed E-state index contributed by atoms with van der Waals surface area (Å²) in [5.74, 6) is 0. The van der Waals surface area contributed by atoms with Crippen molar-refractivity contribution in [3.63, 3.8) is 0 Å². The Morgan fingerprint density at radius 3 is 2.17 bits per heavy atom. The summed E-state index contributed by atoms with van der Waals surface area (Å²) in [6.07, 6.45) is 4.28. The summed E-state index contributed by atoms with van der Waals surface area (Å²) >= 11 is 0. The molecule has 12 heavy (non-hydrogen) atoms. The second kappa shape index (κ2) is 6.47. The predicted octanol–water partition coefficient (Wildman–Crippen LogP) is 3.77. The molecule has 0 bridgehead atoms. The Hall–Kier alpha value is -0.0400. The highest BCUT2D eigenvalue weighted by molar-refractivity contribution is 4.73. The molecule has 74 valence electrons. The highest BCUT2D eigenvalue weighted by Crippen LogP contribution is 2.23. The van der Waals surface area contributed by atoms with E-state index < -0.39 is 0 Å². The molecule has 0 atom stereocenters. The molecule has 0 saturated heterocycles. The summed E-state index contributed by atoms with van der Waals surface area (Å²) in [4.78, 5) is 0. The highest BCUT2D eigenvalue weighted by atomic mass is 16.5. The topological polar surface area (TPSA) is 9.23 Å². The Kier molecular flexibility index (Phi) is 3.98. The average molecular weight is 178 g/mol. The zero-order valence-corrected chi connectivity index (χ0v) is 8.27. The van der Waals surface area contributed by atoms with Gasteiger partial charge in [0, 0.05) is 10.7 Å². The first-order chi connectivity index (χ1) is 7.18. The first kappa shape index (κ1) is 7.37. The van der Waals surface area contributed by atoms with Crippen LogP contribution in [-0.2, 0) is 4.74 Å². The summed E-state index contributed by atoms with van der Waals surface area (Å²) in [6, 6.07) is 0. The van der Waals surface area contributed by atoms with Crippen LogP contribution in [0.25, 0.3) is 0 Å². The van der Waals surface area contributed by atoms with Gasteiger partial charge in [-0.05, 0) is 26.2 Å². The molecular weight excluding hydrogens is 148 g/mol. The average Bonchev–Trinajstić information content (AvgIpc) is 2.24. The smallest absolute Gasteiger partial charge is 0.0654 e. The fourth-order valence-corrected chi connectivity index (χ4v) is 1.34. The van der Waals surface area contributed by atoms with E-state index in [0.717, 1.165) is 32.1 Å². The van der Waals surface area contributed by atoms with Gasteiger partial charge in [0.2, 0.25) is 0 Å². The summed E-state index contributed by atoms with van der Waals surface area (Å²) in [6.45, 7) is 4.00.